The Morgan fingerprint density at radius 3 is 2.70 bits per heavy atom. The third kappa shape index (κ3) is 3.36. The number of carbonyl (C=O) groups excluding carboxylic acids is 1. The molecule has 0 saturated heterocycles. The van der Waals surface area contributed by atoms with Crippen molar-refractivity contribution in [1.82, 2.24) is 14.9 Å². The lowest BCUT2D eigenvalue weighted by Crippen LogP contribution is -2.43. The van der Waals surface area contributed by atoms with Crippen LogP contribution in [0.25, 0.3) is 11.4 Å². The number of fused-ring (bicyclic) bond motifs is 1. The van der Waals surface area contributed by atoms with E-state index in [0.717, 1.165) is 31.4 Å². The molecule has 1 aromatic carbocycles. The summed E-state index contributed by atoms with van der Waals surface area (Å²) < 4.78 is 38.8. The summed E-state index contributed by atoms with van der Waals surface area (Å²) >= 11 is 0. The van der Waals surface area contributed by atoms with Crippen LogP contribution in [0.2, 0.25) is 0 Å². The number of H-pyrrole nitrogens is 1. The van der Waals surface area contributed by atoms with Crippen LogP contribution in [0.4, 0.5) is 13.2 Å². The van der Waals surface area contributed by atoms with E-state index in [-0.39, 0.29) is 29.8 Å². The van der Waals surface area contributed by atoms with Crippen molar-refractivity contribution in [3.8, 4) is 11.4 Å². The molecule has 1 N–H and O–H groups in total. The molecule has 1 aliphatic carbocycles. The van der Waals surface area contributed by atoms with Gasteiger partial charge in [0.2, 0.25) is 5.91 Å². The molecule has 0 atom stereocenters. The van der Waals surface area contributed by atoms with Crippen molar-refractivity contribution in [1.29, 1.82) is 0 Å². The fourth-order valence-electron chi connectivity index (χ4n) is 3.51. The first-order chi connectivity index (χ1) is 12.8. The van der Waals surface area contributed by atoms with E-state index in [1.54, 1.807) is 4.90 Å². The summed E-state index contributed by atoms with van der Waals surface area (Å²) in [6, 6.07) is 4.72. The highest BCUT2D eigenvalue weighted by molar-refractivity contribution is 5.79. The fourth-order valence-corrected chi connectivity index (χ4v) is 3.51. The summed E-state index contributed by atoms with van der Waals surface area (Å²) in [5, 5.41) is 0. The predicted octanol–water partition coefficient (Wildman–Crippen LogP) is 3.14. The van der Waals surface area contributed by atoms with E-state index in [1.165, 1.54) is 12.1 Å². The summed E-state index contributed by atoms with van der Waals surface area (Å²) in [4.78, 5) is 33.6. The molecule has 2 aromatic rings. The second-order valence-electron chi connectivity index (χ2n) is 7.06. The van der Waals surface area contributed by atoms with E-state index < -0.39 is 17.3 Å². The number of benzene rings is 1. The zero-order chi connectivity index (χ0) is 19.2. The summed E-state index contributed by atoms with van der Waals surface area (Å²) in [5.74, 6) is 0.250. The summed E-state index contributed by atoms with van der Waals surface area (Å²) in [5.41, 5.74) is -0.0256. The minimum Gasteiger partial charge on any atom is -0.337 e. The predicted molar refractivity (Wildman–Crippen MR) is 91.8 cm³/mol. The van der Waals surface area contributed by atoms with E-state index in [9.17, 15) is 22.8 Å². The number of amides is 1. The van der Waals surface area contributed by atoms with Gasteiger partial charge in [0.05, 0.1) is 23.4 Å². The molecule has 8 heteroatoms. The van der Waals surface area contributed by atoms with Crippen LogP contribution in [0.15, 0.2) is 29.1 Å². The number of carbonyl (C=O) groups is 1. The quantitative estimate of drug-likeness (QED) is 0.874. The van der Waals surface area contributed by atoms with Crippen LogP contribution in [0.1, 0.15) is 36.1 Å². The SMILES string of the molecule is O=C(C1CCC1)N1CCc2nc(-c3cccc(C(F)(F)F)c3)[nH]c(=O)c2C1. The molecule has 142 valence electrons. The molecule has 1 aromatic heterocycles. The van der Waals surface area contributed by atoms with Gasteiger partial charge in [-0.05, 0) is 25.0 Å². The molecular weight excluding hydrogens is 359 g/mol. The Morgan fingerprint density at radius 2 is 2.04 bits per heavy atom. The van der Waals surface area contributed by atoms with Crippen LogP contribution in [0, 0.1) is 5.92 Å². The molecule has 0 spiro atoms. The third-order valence-corrected chi connectivity index (χ3v) is 5.30. The van der Waals surface area contributed by atoms with Gasteiger partial charge >= 0.3 is 6.18 Å². The van der Waals surface area contributed by atoms with Crippen LogP contribution < -0.4 is 5.56 Å². The highest BCUT2D eigenvalue weighted by Crippen LogP contribution is 2.32. The summed E-state index contributed by atoms with van der Waals surface area (Å²) in [6.45, 7) is 0.677. The Kier molecular flexibility index (Phi) is 4.28. The van der Waals surface area contributed by atoms with Crippen LogP contribution >= 0.6 is 0 Å². The molecule has 1 saturated carbocycles. The highest BCUT2D eigenvalue weighted by atomic mass is 19.4. The maximum atomic E-state index is 12.9. The van der Waals surface area contributed by atoms with Gasteiger partial charge in [0.15, 0.2) is 0 Å². The lowest BCUT2D eigenvalue weighted by molar-refractivity contribution is -0.139. The van der Waals surface area contributed by atoms with Gasteiger partial charge in [-0.25, -0.2) is 4.98 Å². The van der Waals surface area contributed by atoms with Gasteiger partial charge in [-0.2, -0.15) is 13.2 Å². The molecule has 1 aliphatic heterocycles. The average molecular weight is 377 g/mol. The first-order valence-electron chi connectivity index (χ1n) is 8.91. The number of halogens is 3. The van der Waals surface area contributed by atoms with Crippen LogP contribution in [-0.2, 0) is 23.9 Å². The second-order valence-corrected chi connectivity index (χ2v) is 7.06. The van der Waals surface area contributed by atoms with Crippen molar-refractivity contribution in [2.45, 2.75) is 38.4 Å². The van der Waals surface area contributed by atoms with Gasteiger partial charge in [0.1, 0.15) is 5.82 Å². The number of nitrogens with one attached hydrogen (secondary N) is 1. The second kappa shape index (κ2) is 6.51. The van der Waals surface area contributed by atoms with Crippen molar-refractivity contribution in [2.75, 3.05) is 6.54 Å². The molecule has 0 unspecified atom stereocenters. The minimum atomic E-state index is -4.47. The van der Waals surface area contributed by atoms with E-state index in [1.807, 2.05) is 0 Å². The number of aromatic nitrogens is 2. The van der Waals surface area contributed by atoms with E-state index in [4.69, 9.17) is 0 Å². The number of hydrogen-bond donors (Lipinski definition) is 1. The first kappa shape index (κ1) is 17.8. The third-order valence-electron chi connectivity index (χ3n) is 5.30. The number of hydrogen-bond acceptors (Lipinski definition) is 3. The first-order valence-corrected chi connectivity index (χ1v) is 8.91. The zero-order valence-electron chi connectivity index (χ0n) is 14.5. The molecule has 27 heavy (non-hydrogen) atoms. The van der Waals surface area contributed by atoms with Crippen LogP contribution in [0.5, 0.6) is 0 Å². The molecule has 4 rings (SSSR count). The molecule has 0 bridgehead atoms. The lowest BCUT2D eigenvalue weighted by Gasteiger charge is -2.34. The fraction of sp³-hybridized carbons (Fsp3) is 0.421. The van der Waals surface area contributed by atoms with Gasteiger partial charge in [0, 0.05) is 24.4 Å². The Balaban J connectivity index is 1.63. The monoisotopic (exact) mass is 377 g/mol. The number of alkyl halides is 3. The molecule has 1 fully saturated rings. The van der Waals surface area contributed by atoms with Crippen molar-refractivity contribution < 1.29 is 18.0 Å². The topological polar surface area (TPSA) is 66.1 Å². The number of aromatic amines is 1. The molecule has 1 amide bonds. The van der Waals surface area contributed by atoms with Gasteiger partial charge in [-0.3, -0.25) is 9.59 Å². The molecule has 2 aliphatic rings. The molecule has 2 heterocycles. The maximum absolute atomic E-state index is 12.9. The van der Waals surface area contributed by atoms with Crippen LogP contribution in [0.3, 0.4) is 0 Å². The summed E-state index contributed by atoms with van der Waals surface area (Å²) in [6.07, 6.45) is -1.20. The Labute approximate surface area is 153 Å². The van der Waals surface area contributed by atoms with E-state index in [0.29, 0.717) is 24.2 Å². The van der Waals surface area contributed by atoms with E-state index in [2.05, 4.69) is 9.97 Å². The Bertz CT molecular complexity index is 948. The van der Waals surface area contributed by atoms with Gasteiger partial charge < -0.3 is 9.88 Å². The van der Waals surface area contributed by atoms with Crippen molar-refractivity contribution in [2.24, 2.45) is 5.92 Å². The zero-order valence-corrected chi connectivity index (χ0v) is 14.5. The minimum absolute atomic E-state index is 0.0583. The van der Waals surface area contributed by atoms with E-state index >= 15 is 0 Å². The largest absolute Gasteiger partial charge is 0.416 e. The lowest BCUT2D eigenvalue weighted by atomic mass is 9.84. The van der Waals surface area contributed by atoms with Gasteiger partial charge in [0.25, 0.3) is 5.56 Å². The Morgan fingerprint density at radius 1 is 1.26 bits per heavy atom. The molecule has 0 radical (unpaired) electrons. The van der Waals surface area contributed by atoms with Crippen molar-refractivity contribution in [3.63, 3.8) is 0 Å². The standard InChI is InChI=1S/C19H18F3N3O2/c20-19(21,22)13-6-2-5-12(9-13)16-23-15-7-8-25(10-14(15)17(26)24-16)18(27)11-3-1-4-11/h2,5-6,9,11H,1,3-4,7-8,10H2,(H,23,24,26). The van der Waals surface area contributed by atoms with Gasteiger partial charge in [-0.1, -0.05) is 18.6 Å². The number of rotatable bonds is 2. The average Bonchev–Trinajstić information content (AvgIpc) is 2.59. The Hall–Kier alpha value is -2.64. The normalized spacial score (nSPS) is 17.4. The smallest absolute Gasteiger partial charge is 0.337 e. The van der Waals surface area contributed by atoms with Crippen molar-refractivity contribution >= 4 is 5.91 Å². The van der Waals surface area contributed by atoms with Crippen LogP contribution in [-0.4, -0.2) is 27.3 Å². The van der Waals surface area contributed by atoms with Gasteiger partial charge in [-0.15, -0.1) is 0 Å². The molecular formula is C19H18F3N3O2. The molecule has 5 nitrogen and oxygen atoms in total. The maximum Gasteiger partial charge on any atom is 0.416 e. The summed E-state index contributed by atoms with van der Waals surface area (Å²) in [7, 11) is 0. The van der Waals surface area contributed by atoms with Crippen molar-refractivity contribution in [3.05, 3.63) is 51.4 Å². The number of nitrogens with zero attached hydrogens (tertiary/aromatic N) is 2. The highest BCUT2D eigenvalue weighted by Gasteiger charge is 2.33.